The Hall–Kier alpha value is -0.370. The third-order valence-electron chi connectivity index (χ3n) is 3.04. The number of hydrogen-bond donors (Lipinski definition) is 1. The molecule has 1 unspecified atom stereocenters. The number of carbonyl (C=O) groups is 1. The highest BCUT2D eigenvalue weighted by atomic mass is 16.1. The molecule has 2 N–H and O–H groups in total. The minimum absolute atomic E-state index is 0.124. The molecule has 0 saturated heterocycles. The van der Waals surface area contributed by atoms with E-state index in [-0.39, 0.29) is 11.5 Å². The van der Waals surface area contributed by atoms with Crippen LogP contribution in [0.2, 0.25) is 0 Å². The number of Topliss-reactive ketones (excluding diaryl/α,β-unsaturated/α-hetero) is 1. The normalized spacial score (nSPS) is 22.9. The van der Waals surface area contributed by atoms with Crippen molar-refractivity contribution in [2.75, 3.05) is 0 Å². The Morgan fingerprint density at radius 3 is 2.50 bits per heavy atom. The molecule has 70 valence electrons. The highest BCUT2D eigenvalue weighted by molar-refractivity contribution is 5.81. The molecule has 1 fully saturated rings. The lowest BCUT2D eigenvalue weighted by Gasteiger charge is -2.38. The van der Waals surface area contributed by atoms with Crippen LogP contribution in [0.1, 0.15) is 46.0 Å². The molecule has 0 bridgehead atoms. The van der Waals surface area contributed by atoms with Gasteiger partial charge in [0, 0.05) is 17.9 Å². The Kier molecular flexibility index (Phi) is 2.89. The zero-order valence-corrected chi connectivity index (χ0v) is 8.10. The molecule has 0 aromatic rings. The summed E-state index contributed by atoms with van der Waals surface area (Å²) >= 11 is 0. The van der Waals surface area contributed by atoms with E-state index < -0.39 is 0 Å². The van der Waals surface area contributed by atoms with E-state index in [4.69, 9.17) is 5.73 Å². The Balaban J connectivity index is 2.35. The molecule has 1 rings (SSSR count). The van der Waals surface area contributed by atoms with Gasteiger partial charge in [-0.15, -0.1) is 0 Å². The minimum Gasteiger partial charge on any atom is -0.325 e. The van der Waals surface area contributed by atoms with Crippen LogP contribution >= 0.6 is 0 Å². The first kappa shape index (κ1) is 9.72. The lowest BCUT2D eigenvalue weighted by atomic mass is 9.73. The fourth-order valence-corrected chi connectivity index (χ4v) is 1.56. The van der Waals surface area contributed by atoms with Gasteiger partial charge in [-0.3, -0.25) is 4.79 Å². The van der Waals surface area contributed by atoms with Gasteiger partial charge in [0.15, 0.2) is 0 Å². The van der Waals surface area contributed by atoms with E-state index in [0.717, 1.165) is 19.3 Å². The summed E-state index contributed by atoms with van der Waals surface area (Å²) in [5, 5.41) is 0. The summed E-state index contributed by atoms with van der Waals surface area (Å²) in [5.74, 6) is 0.547. The van der Waals surface area contributed by atoms with Crippen LogP contribution in [0.5, 0.6) is 0 Å². The van der Waals surface area contributed by atoms with E-state index in [1.807, 2.05) is 13.8 Å². The number of rotatable bonds is 4. The van der Waals surface area contributed by atoms with Crippen molar-refractivity contribution in [1.82, 2.24) is 0 Å². The Bertz CT molecular complexity index is 173. The monoisotopic (exact) mass is 169 g/mol. The standard InChI is InChI=1S/C10H19NO/c1-3-8(2)9(12)7-10(11)5-4-6-10/h8H,3-7,11H2,1-2H3. The van der Waals surface area contributed by atoms with Crippen molar-refractivity contribution >= 4 is 5.78 Å². The van der Waals surface area contributed by atoms with Crippen LogP contribution in [0.15, 0.2) is 0 Å². The van der Waals surface area contributed by atoms with Gasteiger partial charge in [-0.05, 0) is 25.7 Å². The summed E-state index contributed by atoms with van der Waals surface area (Å²) in [6, 6.07) is 0. The van der Waals surface area contributed by atoms with Gasteiger partial charge in [0.1, 0.15) is 5.78 Å². The van der Waals surface area contributed by atoms with Crippen LogP contribution in [0, 0.1) is 5.92 Å². The zero-order chi connectivity index (χ0) is 9.19. The highest BCUT2D eigenvalue weighted by Crippen LogP contribution is 2.33. The van der Waals surface area contributed by atoms with E-state index in [1.54, 1.807) is 0 Å². The van der Waals surface area contributed by atoms with Gasteiger partial charge < -0.3 is 5.73 Å². The van der Waals surface area contributed by atoms with Gasteiger partial charge >= 0.3 is 0 Å². The predicted octanol–water partition coefficient (Wildman–Crippen LogP) is 1.87. The lowest BCUT2D eigenvalue weighted by molar-refractivity contribution is -0.124. The second kappa shape index (κ2) is 3.56. The fourth-order valence-electron chi connectivity index (χ4n) is 1.56. The average Bonchev–Trinajstić information content (AvgIpc) is 2.00. The molecule has 1 aliphatic carbocycles. The maximum absolute atomic E-state index is 11.5. The molecule has 1 aliphatic rings. The van der Waals surface area contributed by atoms with E-state index in [0.29, 0.717) is 12.2 Å². The van der Waals surface area contributed by atoms with Crippen LogP contribution in [0.3, 0.4) is 0 Å². The quantitative estimate of drug-likeness (QED) is 0.698. The highest BCUT2D eigenvalue weighted by Gasteiger charge is 2.35. The number of ketones is 1. The summed E-state index contributed by atoms with van der Waals surface area (Å²) in [7, 11) is 0. The summed E-state index contributed by atoms with van der Waals surface area (Å²) in [6.45, 7) is 4.04. The number of hydrogen-bond acceptors (Lipinski definition) is 2. The second-order valence-corrected chi connectivity index (χ2v) is 4.17. The molecular formula is C10H19NO. The van der Waals surface area contributed by atoms with Gasteiger partial charge in [-0.2, -0.15) is 0 Å². The molecule has 2 nitrogen and oxygen atoms in total. The molecule has 0 aliphatic heterocycles. The van der Waals surface area contributed by atoms with Crippen molar-refractivity contribution in [3.8, 4) is 0 Å². The first-order chi connectivity index (χ1) is 5.57. The van der Waals surface area contributed by atoms with Crippen molar-refractivity contribution in [2.24, 2.45) is 11.7 Å². The largest absolute Gasteiger partial charge is 0.325 e. The molecule has 12 heavy (non-hydrogen) atoms. The Morgan fingerprint density at radius 1 is 1.58 bits per heavy atom. The van der Waals surface area contributed by atoms with E-state index in [2.05, 4.69) is 0 Å². The van der Waals surface area contributed by atoms with Crippen molar-refractivity contribution in [1.29, 1.82) is 0 Å². The van der Waals surface area contributed by atoms with Crippen molar-refractivity contribution < 1.29 is 4.79 Å². The van der Waals surface area contributed by atoms with Gasteiger partial charge in [-0.25, -0.2) is 0 Å². The van der Waals surface area contributed by atoms with Crippen LogP contribution in [-0.2, 0) is 4.79 Å². The topological polar surface area (TPSA) is 43.1 Å². The molecule has 0 heterocycles. The third-order valence-corrected chi connectivity index (χ3v) is 3.04. The lowest BCUT2D eigenvalue weighted by Crippen LogP contribution is -2.48. The van der Waals surface area contributed by atoms with Crippen LogP contribution in [-0.4, -0.2) is 11.3 Å². The van der Waals surface area contributed by atoms with E-state index in [9.17, 15) is 4.79 Å². The van der Waals surface area contributed by atoms with Crippen molar-refractivity contribution in [3.05, 3.63) is 0 Å². The number of nitrogens with two attached hydrogens (primary N) is 1. The van der Waals surface area contributed by atoms with Gasteiger partial charge in [0.25, 0.3) is 0 Å². The van der Waals surface area contributed by atoms with Crippen molar-refractivity contribution in [2.45, 2.75) is 51.5 Å². The SMILES string of the molecule is CCC(C)C(=O)CC1(N)CCC1. The maximum Gasteiger partial charge on any atom is 0.137 e. The average molecular weight is 169 g/mol. The van der Waals surface area contributed by atoms with Crippen molar-refractivity contribution in [3.63, 3.8) is 0 Å². The maximum atomic E-state index is 11.5. The first-order valence-corrected chi connectivity index (χ1v) is 4.89. The molecule has 1 atom stereocenters. The summed E-state index contributed by atoms with van der Waals surface area (Å²) in [5.41, 5.74) is 5.85. The fraction of sp³-hybridized carbons (Fsp3) is 0.900. The molecule has 0 spiro atoms. The van der Waals surface area contributed by atoms with Crippen LogP contribution in [0.4, 0.5) is 0 Å². The molecule has 0 radical (unpaired) electrons. The molecule has 0 aromatic carbocycles. The third kappa shape index (κ3) is 2.07. The van der Waals surface area contributed by atoms with Gasteiger partial charge in [0.2, 0.25) is 0 Å². The molecule has 2 heteroatoms. The molecule has 1 saturated carbocycles. The molecule has 0 aromatic heterocycles. The second-order valence-electron chi connectivity index (χ2n) is 4.17. The van der Waals surface area contributed by atoms with Gasteiger partial charge in [0.05, 0.1) is 0 Å². The van der Waals surface area contributed by atoms with E-state index >= 15 is 0 Å². The van der Waals surface area contributed by atoms with Gasteiger partial charge in [-0.1, -0.05) is 13.8 Å². The zero-order valence-electron chi connectivity index (χ0n) is 8.10. The molecular weight excluding hydrogens is 150 g/mol. The summed E-state index contributed by atoms with van der Waals surface area (Å²) in [6.07, 6.45) is 4.81. The Morgan fingerprint density at radius 2 is 2.17 bits per heavy atom. The minimum atomic E-state index is -0.124. The molecule has 0 amide bonds. The van der Waals surface area contributed by atoms with Crippen LogP contribution < -0.4 is 5.73 Å². The predicted molar refractivity (Wildman–Crippen MR) is 49.8 cm³/mol. The number of carbonyl (C=O) groups excluding carboxylic acids is 1. The van der Waals surface area contributed by atoms with E-state index in [1.165, 1.54) is 6.42 Å². The van der Waals surface area contributed by atoms with Crippen LogP contribution in [0.25, 0.3) is 0 Å². The summed E-state index contributed by atoms with van der Waals surface area (Å²) < 4.78 is 0. The first-order valence-electron chi connectivity index (χ1n) is 4.89. The Labute approximate surface area is 74.5 Å². The smallest absolute Gasteiger partial charge is 0.137 e. The summed E-state index contributed by atoms with van der Waals surface area (Å²) in [4.78, 5) is 11.5.